The average Bonchev–Trinajstić information content (AvgIpc) is 3.07. The zero-order valence-electron chi connectivity index (χ0n) is 15.7. The van der Waals surface area contributed by atoms with Crippen LogP contribution in [0, 0.1) is 17.5 Å². The lowest BCUT2D eigenvalue weighted by molar-refractivity contribution is 0.114. The summed E-state index contributed by atoms with van der Waals surface area (Å²) in [4.78, 5) is 27.7. The summed E-state index contributed by atoms with van der Waals surface area (Å²) in [6.45, 7) is 3.22. The maximum absolute atomic E-state index is 13.7. The largest absolute Gasteiger partial charge is 0.447 e. The van der Waals surface area contributed by atoms with Gasteiger partial charge in [0.1, 0.15) is 6.61 Å². The molecule has 1 aromatic rings. The number of piperidine rings is 1. The Hall–Kier alpha value is -2.45. The molecular formula is C19H24F3N3O3. The van der Waals surface area contributed by atoms with E-state index in [1.807, 2.05) is 0 Å². The maximum Gasteiger partial charge on any atom is 0.410 e. The lowest BCUT2D eigenvalue weighted by Gasteiger charge is -2.37. The maximum atomic E-state index is 13.7. The van der Waals surface area contributed by atoms with Crippen molar-refractivity contribution < 1.29 is 27.5 Å². The van der Waals surface area contributed by atoms with Crippen LogP contribution in [0.1, 0.15) is 39.0 Å². The molecule has 0 bridgehead atoms. The van der Waals surface area contributed by atoms with E-state index in [0.717, 1.165) is 31.4 Å². The number of halogens is 3. The number of anilines is 1. The summed E-state index contributed by atoms with van der Waals surface area (Å²) in [7, 11) is 0. The molecule has 3 amide bonds. The van der Waals surface area contributed by atoms with Gasteiger partial charge in [-0.25, -0.2) is 22.8 Å². The number of carbonyl (C=O) groups excluding carboxylic acids is 2. The minimum atomic E-state index is -1.62. The SMILES string of the molecule is CCCCC1COC(=O)N1C1CCN(C(=O)Nc2ccc(F)c(F)c2F)CC1. The monoisotopic (exact) mass is 399 g/mol. The molecule has 1 atom stereocenters. The molecule has 0 radical (unpaired) electrons. The van der Waals surface area contributed by atoms with Crippen LogP contribution in [0.3, 0.4) is 0 Å². The first-order valence-corrected chi connectivity index (χ1v) is 9.56. The minimum Gasteiger partial charge on any atom is -0.447 e. The lowest BCUT2D eigenvalue weighted by Crippen LogP contribution is -2.50. The molecule has 2 aliphatic rings. The Morgan fingerprint density at radius 3 is 2.61 bits per heavy atom. The molecule has 0 saturated carbocycles. The van der Waals surface area contributed by atoms with Crippen molar-refractivity contribution in [1.29, 1.82) is 0 Å². The summed E-state index contributed by atoms with van der Waals surface area (Å²) < 4.78 is 45.2. The second-order valence-corrected chi connectivity index (χ2v) is 7.15. The quantitative estimate of drug-likeness (QED) is 0.758. The topological polar surface area (TPSA) is 61.9 Å². The van der Waals surface area contributed by atoms with Crippen molar-refractivity contribution in [3.63, 3.8) is 0 Å². The Kier molecular flexibility index (Phi) is 6.31. The predicted octanol–water partition coefficient (Wildman–Crippen LogP) is 4.11. The number of nitrogens with one attached hydrogen (secondary N) is 1. The Bertz CT molecular complexity index is 739. The van der Waals surface area contributed by atoms with Gasteiger partial charge in [0.05, 0.1) is 11.7 Å². The third-order valence-electron chi connectivity index (χ3n) is 5.32. The van der Waals surface area contributed by atoms with Crippen molar-refractivity contribution >= 4 is 17.8 Å². The van der Waals surface area contributed by atoms with Crippen LogP contribution in [0.4, 0.5) is 28.4 Å². The molecule has 2 heterocycles. The standard InChI is InChI=1S/C19H24F3N3O3/c1-2-3-4-13-11-28-19(27)25(13)12-7-9-24(10-8-12)18(26)23-15-6-5-14(20)16(21)17(15)22/h5-6,12-13H,2-4,7-11H2,1H3,(H,23,26). The summed E-state index contributed by atoms with van der Waals surface area (Å²) in [5, 5.41) is 2.28. The molecule has 0 aliphatic carbocycles. The van der Waals surface area contributed by atoms with Gasteiger partial charge in [0.15, 0.2) is 17.5 Å². The number of cyclic esters (lactones) is 1. The van der Waals surface area contributed by atoms with E-state index in [4.69, 9.17) is 4.74 Å². The minimum absolute atomic E-state index is 0.0130. The van der Waals surface area contributed by atoms with Gasteiger partial charge >= 0.3 is 12.1 Å². The van der Waals surface area contributed by atoms with Gasteiger partial charge in [-0.3, -0.25) is 4.90 Å². The number of hydrogen-bond acceptors (Lipinski definition) is 3. The van der Waals surface area contributed by atoms with E-state index < -0.39 is 29.2 Å². The summed E-state index contributed by atoms with van der Waals surface area (Å²) in [5.41, 5.74) is -0.409. The van der Waals surface area contributed by atoms with Gasteiger partial charge < -0.3 is 15.0 Å². The fourth-order valence-corrected chi connectivity index (χ4v) is 3.74. The molecule has 6 nitrogen and oxygen atoms in total. The van der Waals surface area contributed by atoms with E-state index in [1.54, 1.807) is 4.90 Å². The Morgan fingerprint density at radius 1 is 1.21 bits per heavy atom. The number of hydrogen-bond donors (Lipinski definition) is 1. The normalized spacial score (nSPS) is 20.4. The molecule has 1 unspecified atom stereocenters. The number of urea groups is 1. The highest BCUT2D eigenvalue weighted by molar-refractivity contribution is 5.89. The molecule has 28 heavy (non-hydrogen) atoms. The zero-order chi connectivity index (χ0) is 20.3. The van der Waals surface area contributed by atoms with E-state index in [0.29, 0.717) is 32.5 Å². The number of rotatable bonds is 5. The molecule has 2 fully saturated rings. The second-order valence-electron chi connectivity index (χ2n) is 7.15. The Morgan fingerprint density at radius 2 is 1.93 bits per heavy atom. The number of likely N-dealkylation sites (tertiary alicyclic amines) is 1. The van der Waals surface area contributed by atoms with Crippen molar-refractivity contribution in [2.45, 2.75) is 51.1 Å². The highest BCUT2D eigenvalue weighted by Crippen LogP contribution is 2.27. The molecule has 1 aromatic carbocycles. The molecule has 1 N–H and O–H groups in total. The van der Waals surface area contributed by atoms with Crippen LogP contribution < -0.4 is 5.32 Å². The van der Waals surface area contributed by atoms with Gasteiger partial charge in [0, 0.05) is 19.1 Å². The van der Waals surface area contributed by atoms with Crippen LogP contribution in [0.15, 0.2) is 12.1 Å². The van der Waals surface area contributed by atoms with E-state index in [2.05, 4.69) is 12.2 Å². The Balaban J connectivity index is 1.57. The van der Waals surface area contributed by atoms with E-state index in [1.165, 1.54) is 4.90 Å². The highest BCUT2D eigenvalue weighted by atomic mass is 19.2. The van der Waals surface area contributed by atoms with Gasteiger partial charge in [-0.1, -0.05) is 19.8 Å². The van der Waals surface area contributed by atoms with Crippen molar-refractivity contribution in [3.8, 4) is 0 Å². The fourth-order valence-electron chi connectivity index (χ4n) is 3.74. The highest BCUT2D eigenvalue weighted by Gasteiger charge is 2.39. The summed E-state index contributed by atoms with van der Waals surface area (Å²) in [6.07, 6.45) is 3.78. The number of unbranched alkanes of at least 4 members (excludes halogenated alkanes) is 1. The van der Waals surface area contributed by atoms with Crippen molar-refractivity contribution in [2.75, 3.05) is 25.0 Å². The first-order valence-electron chi connectivity index (χ1n) is 9.56. The van der Waals surface area contributed by atoms with E-state index in [9.17, 15) is 22.8 Å². The molecule has 2 aliphatic heterocycles. The third-order valence-corrected chi connectivity index (χ3v) is 5.32. The third kappa shape index (κ3) is 4.18. The molecule has 0 spiro atoms. The zero-order valence-corrected chi connectivity index (χ0v) is 15.7. The van der Waals surface area contributed by atoms with Crippen LogP contribution in [0.25, 0.3) is 0 Å². The smallest absolute Gasteiger partial charge is 0.410 e. The predicted molar refractivity (Wildman–Crippen MR) is 96.4 cm³/mol. The average molecular weight is 399 g/mol. The molecule has 3 rings (SSSR count). The van der Waals surface area contributed by atoms with Crippen molar-refractivity contribution in [3.05, 3.63) is 29.6 Å². The number of ether oxygens (including phenoxy) is 1. The van der Waals surface area contributed by atoms with E-state index >= 15 is 0 Å². The first-order chi connectivity index (χ1) is 13.4. The molecule has 2 saturated heterocycles. The molecular weight excluding hydrogens is 375 g/mol. The van der Waals surface area contributed by atoms with Crippen LogP contribution in [-0.4, -0.2) is 53.7 Å². The lowest BCUT2D eigenvalue weighted by atomic mass is 10.0. The number of nitrogens with zero attached hydrogens (tertiary/aromatic N) is 2. The summed E-state index contributed by atoms with van der Waals surface area (Å²) in [5.74, 6) is -4.37. The van der Waals surface area contributed by atoms with Gasteiger partial charge in [-0.15, -0.1) is 0 Å². The molecule has 0 aromatic heterocycles. The van der Waals surface area contributed by atoms with Crippen molar-refractivity contribution in [2.24, 2.45) is 0 Å². The number of benzene rings is 1. The first kappa shape index (κ1) is 20.3. The van der Waals surface area contributed by atoms with Crippen LogP contribution in [0.5, 0.6) is 0 Å². The van der Waals surface area contributed by atoms with Crippen LogP contribution in [0.2, 0.25) is 0 Å². The van der Waals surface area contributed by atoms with E-state index in [-0.39, 0.29) is 18.2 Å². The number of amides is 3. The van der Waals surface area contributed by atoms with Gasteiger partial charge in [-0.05, 0) is 31.4 Å². The number of carbonyl (C=O) groups is 2. The second kappa shape index (κ2) is 8.70. The van der Waals surface area contributed by atoms with Crippen LogP contribution in [-0.2, 0) is 4.74 Å². The summed E-state index contributed by atoms with van der Waals surface area (Å²) >= 11 is 0. The molecule has 9 heteroatoms. The molecule has 154 valence electrons. The Labute approximate surface area is 161 Å². The van der Waals surface area contributed by atoms with Crippen molar-refractivity contribution in [1.82, 2.24) is 9.80 Å². The van der Waals surface area contributed by atoms with Gasteiger partial charge in [0.2, 0.25) is 0 Å². The fraction of sp³-hybridized carbons (Fsp3) is 0.579. The van der Waals surface area contributed by atoms with Crippen LogP contribution >= 0.6 is 0 Å². The summed E-state index contributed by atoms with van der Waals surface area (Å²) in [6, 6.07) is 1.21. The van der Waals surface area contributed by atoms with Gasteiger partial charge in [-0.2, -0.15) is 0 Å². The van der Waals surface area contributed by atoms with Gasteiger partial charge in [0.25, 0.3) is 0 Å².